The van der Waals surface area contributed by atoms with Crippen LogP contribution in [0.4, 0.5) is 5.69 Å². The number of aromatic nitrogens is 3. The molecule has 2 aromatic rings. The Kier molecular flexibility index (Phi) is 6.54. The van der Waals surface area contributed by atoms with Crippen molar-refractivity contribution in [2.75, 3.05) is 5.32 Å². The molecule has 0 aliphatic heterocycles. The zero-order valence-electron chi connectivity index (χ0n) is 14.1. The minimum atomic E-state index is -0.437. The molecule has 0 radical (unpaired) electrons. The third-order valence-corrected chi connectivity index (χ3v) is 4.00. The molecule has 25 heavy (non-hydrogen) atoms. The summed E-state index contributed by atoms with van der Waals surface area (Å²) >= 11 is 1.17. The quantitative estimate of drug-likeness (QED) is 0.508. The topological polar surface area (TPSA) is 117 Å². The summed E-state index contributed by atoms with van der Waals surface area (Å²) in [6, 6.07) is 6.48. The van der Waals surface area contributed by atoms with Gasteiger partial charge in [0, 0.05) is 5.69 Å². The van der Waals surface area contributed by atoms with Gasteiger partial charge in [0.25, 0.3) is 0 Å². The second-order valence-electron chi connectivity index (χ2n) is 5.50. The standard InChI is InChI=1S/C16H20N4O4S/c1-9(2)24-15(23)11-4-6-12(7-5-11)17-14(22)10(3)25-16-18-13(8-21)19-20-16/h4-7,9-10,21H,8H2,1-3H3,(H,17,22)(H,18,19,20). The van der Waals surface area contributed by atoms with Crippen molar-refractivity contribution in [1.29, 1.82) is 0 Å². The summed E-state index contributed by atoms with van der Waals surface area (Å²) in [7, 11) is 0. The largest absolute Gasteiger partial charge is 0.459 e. The van der Waals surface area contributed by atoms with Crippen molar-refractivity contribution >= 4 is 29.3 Å². The molecule has 0 saturated heterocycles. The average Bonchev–Trinajstić information content (AvgIpc) is 3.02. The summed E-state index contributed by atoms with van der Waals surface area (Å²) in [6.07, 6.45) is -0.188. The van der Waals surface area contributed by atoms with Crippen molar-refractivity contribution in [2.24, 2.45) is 0 Å². The number of nitrogens with zero attached hydrogens (tertiary/aromatic N) is 2. The molecule has 0 aliphatic carbocycles. The van der Waals surface area contributed by atoms with Gasteiger partial charge in [-0.1, -0.05) is 11.8 Å². The van der Waals surface area contributed by atoms with Gasteiger partial charge in [0.05, 0.1) is 16.9 Å². The first-order chi connectivity index (χ1) is 11.9. The molecule has 1 aromatic heterocycles. The number of aliphatic hydroxyl groups excluding tert-OH is 1. The van der Waals surface area contributed by atoms with Crippen LogP contribution in [0, 0.1) is 0 Å². The number of aromatic amines is 1. The normalized spacial score (nSPS) is 12.0. The molecule has 1 amide bonds. The van der Waals surface area contributed by atoms with E-state index in [1.165, 1.54) is 11.8 Å². The summed E-state index contributed by atoms with van der Waals surface area (Å²) in [5.74, 6) is -0.280. The van der Waals surface area contributed by atoms with Crippen LogP contribution < -0.4 is 5.32 Å². The Morgan fingerprint density at radius 3 is 2.52 bits per heavy atom. The summed E-state index contributed by atoms with van der Waals surface area (Å²) < 4.78 is 5.11. The molecule has 0 aliphatic rings. The number of hydrogen-bond donors (Lipinski definition) is 3. The van der Waals surface area contributed by atoms with Crippen LogP contribution in [0.25, 0.3) is 0 Å². The number of carbonyl (C=O) groups excluding carboxylic acids is 2. The molecule has 2 rings (SSSR count). The maximum Gasteiger partial charge on any atom is 0.338 e. The number of thioether (sulfide) groups is 1. The third kappa shape index (κ3) is 5.57. The highest BCUT2D eigenvalue weighted by atomic mass is 32.2. The van der Waals surface area contributed by atoms with E-state index in [4.69, 9.17) is 9.84 Å². The Hall–Kier alpha value is -2.39. The van der Waals surface area contributed by atoms with E-state index >= 15 is 0 Å². The van der Waals surface area contributed by atoms with Crippen molar-refractivity contribution in [1.82, 2.24) is 15.2 Å². The number of ether oxygens (including phenoxy) is 1. The van der Waals surface area contributed by atoms with Gasteiger partial charge in [0.2, 0.25) is 11.1 Å². The molecule has 8 nitrogen and oxygen atoms in total. The van der Waals surface area contributed by atoms with Gasteiger partial charge in [0.1, 0.15) is 6.61 Å². The van der Waals surface area contributed by atoms with Crippen LogP contribution in [0.2, 0.25) is 0 Å². The van der Waals surface area contributed by atoms with Crippen LogP contribution in [0.3, 0.4) is 0 Å². The monoisotopic (exact) mass is 364 g/mol. The molecule has 0 fully saturated rings. The highest BCUT2D eigenvalue weighted by Gasteiger charge is 2.17. The number of H-pyrrole nitrogens is 1. The van der Waals surface area contributed by atoms with Gasteiger partial charge < -0.3 is 15.2 Å². The maximum atomic E-state index is 12.2. The van der Waals surface area contributed by atoms with E-state index < -0.39 is 11.2 Å². The molecule has 0 bridgehead atoms. The highest BCUT2D eigenvalue weighted by Crippen LogP contribution is 2.21. The fourth-order valence-electron chi connectivity index (χ4n) is 1.83. The lowest BCUT2D eigenvalue weighted by Gasteiger charge is -2.11. The Morgan fingerprint density at radius 2 is 1.96 bits per heavy atom. The molecule has 1 heterocycles. The minimum absolute atomic E-state index is 0.188. The first kappa shape index (κ1) is 18.9. The first-order valence-electron chi connectivity index (χ1n) is 7.69. The number of rotatable bonds is 7. The maximum absolute atomic E-state index is 12.2. The molecule has 0 saturated carbocycles. The fraction of sp³-hybridized carbons (Fsp3) is 0.375. The fourth-order valence-corrected chi connectivity index (χ4v) is 2.57. The molecule has 1 aromatic carbocycles. The van der Waals surface area contributed by atoms with E-state index in [2.05, 4.69) is 20.5 Å². The van der Waals surface area contributed by atoms with E-state index in [-0.39, 0.29) is 18.6 Å². The average molecular weight is 364 g/mol. The number of carbonyl (C=O) groups is 2. The van der Waals surface area contributed by atoms with Gasteiger partial charge in [-0.05, 0) is 45.0 Å². The molecule has 1 atom stereocenters. The molecule has 0 spiro atoms. The van der Waals surface area contributed by atoms with Gasteiger partial charge in [-0.3, -0.25) is 9.89 Å². The van der Waals surface area contributed by atoms with Crippen molar-refractivity contribution in [2.45, 2.75) is 43.9 Å². The lowest BCUT2D eigenvalue weighted by atomic mass is 10.2. The van der Waals surface area contributed by atoms with Gasteiger partial charge in [0.15, 0.2) is 5.82 Å². The molecular weight excluding hydrogens is 344 g/mol. The Bertz CT molecular complexity index is 730. The molecule has 3 N–H and O–H groups in total. The van der Waals surface area contributed by atoms with Crippen LogP contribution in [0.5, 0.6) is 0 Å². The predicted molar refractivity (Wildman–Crippen MR) is 93.2 cm³/mol. The van der Waals surface area contributed by atoms with E-state index in [1.54, 1.807) is 45.0 Å². The number of esters is 1. The lowest BCUT2D eigenvalue weighted by molar-refractivity contribution is -0.115. The Labute approximate surface area is 149 Å². The SMILES string of the molecule is CC(C)OC(=O)c1ccc(NC(=O)C(C)Sc2n[nH]c(CO)n2)cc1. The number of nitrogens with one attached hydrogen (secondary N) is 2. The van der Waals surface area contributed by atoms with Crippen LogP contribution >= 0.6 is 11.8 Å². The molecule has 134 valence electrons. The van der Waals surface area contributed by atoms with Crippen molar-refractivity contribution < 1.29 is 19.4 Å². The summed E-state index contributed by atoms with van der Waals surface area (Å²) in [5, 5.41) is 18.1. The third-order valence-electron chi connectivity index (χ3n) is 3.04. The second kappa shape index (κ2) is 8.63. The molecule has 1 unspecified atom stereocenters. The van der Waals surface area contributed by atoms with Gasteiger partial charge in [-0.2, -0.15) is 0 Å². The van der Waals surface area contributed by atoms with E-state index in [9.17, 15) is 9.59 Å². The molecular formula is C16H20N4O4S. The van der Waals surface area contributed by atoms with Crippen molar-refractivity contribution in [3.05, 3.63) is 35.7 Å². The smallest absolute Gasteiger partial charge is 0.338 e. The van der Waals surface area contributed by atoms with E-state index in [0.29, 0.717) is 22.2 Å². The van der Waals surface area contributed by atoms with Crippen molar-refractivity contribution in [3.63, 3.8) is 0 Å². The summed E-state index contributed by atoms with van der Waals surface area (Å²) in [4.78, 5) is 28.0. The second-order valence-corrected chi connectivity index (χ2v) is 6.81. The van der Waals surface area contributed by atoms with Crippen LogP contribution in [-0.2, 0) is 16.1 Å². The van der Waals surface area contributed by atoms with Gasteiger partial charge >= 0.3 is 5.97 Å². The van der Waals surface area contributed by atoms with Crippen LogP contribution in [0.15, 0.2) is 29.4 Å². The van der Waals surface area contributed by atoms with Crippen LogP contribution in [-0.4, -0.2) is 43.5 Å². The Morgan fingerprint density at radius 1 is 1.28 bits per heavy atom. The predicted octanol–water partition coefficient (Wildman–Crippen LogP) is 1.98. The Balaban J connectivity index is 1.92. The number of anilines is 1. The minimum Gasteiger partial charge on any atom is -0.459 e. The first-order valence-corrected chi connectivity index (χ1v) is 8.57. The van der Waals surface area contributed by atoms with E-state index in [0.717, 1.165) is 0 Å². The zero-order valence-corrected chi connectivity index (χ0v) is 15.0. The van der Waals surface area contributed by atoms with Gasteiger partial charge in [-0.25, -0.2) is 9.78 Å². The van der Waals surface area contributed by atoms with E-state index in [1.807, 2.05) is 0 Å². The summed E-state index contributed by atoms with van der Waals surface area (Å²) in [6.45, 7) is 5.05. The molecule has 9 heteroatoms. The zero-order chi connectivity index (χ0) is 18.4. The van der Waals surface area contributed by atoms with Gasteiger partial charge in [-0.15, -0.1) is 5.10 Å². The lowest BCUT2D eigenvalue weighted by Crippen LogP contribution is -2.22. The number of benzene rings is 1. The summed E-state index contributed by atoms with van der Waals surface area (Å²) in [5.41, 5.74) is 0.996. The number of hydrogen-bond acceptors (Lipinski definition) is 7. The highest BCUT2D eigenvalue weighted by molar-refractivity contribution is 8.00. The number of amides is 1. The van der Waals surface area contributed by atoms with Crippen LogP contribution in [0.1, 0.15) is 37.0 Å². The number of aliphatic hydroxyl groups is 1. The van der Waals surface area contributed by atoms with Crippen molar-refractivity contribution in [3.8, 4) is 0 Å².